The molecule has 1 aliphatic heterocycles. The Kier molecular flexibility index (Phi) is 4.63. The number of rotatable bonds is 4. The van der Waals surface area contributed by atoms with E-state index in [1.54, 1.807) is 36.0 Å². The van der Waals surface area contributed by atoms with E-state index in [1.165, 1.54) is 6.08 Å². The number of carboxylic acid groups (broad SMARTS) is 1. The highest BCUT2D eigenvalue weighted by atomic mass is 32.2. The molecule has 0 aliphatic carbocycles. The molecule has 1 unspecified atom stereocenters. The van der Waals surface area contributed by atoms with Gasteiger partial charge in [0, 0.05) is 11.8 Å². The second-order valence-electron chi connectivity index (χ2n) is 4.29. The first-order chi connectivity index (χ1) is 9.15. The van der Waals surface area contributed by atoms with E-state index in [4.69, 9.17) is 5.11 Å². The van der Waals surface area contributed by atoms with Gasteiger partial charge in [0.25, 0.3) is 0 Å². The van der Waals surface area contributed by atoms with Gasteiger partial charge in [-0.05, 0) is 42.4 Å². The number of hydrogen-bond donors (Lipinski definition) is 2. The summed E-state index contributed by atoms with van der Waals surface area (Å²) in [5.74, 6) is 0.0816. The highest BCUT2D eigenvalue weighted by Crippen LogP contribution is 2.27. The zero-order chi connectivity index (χ0) is 13.7. The number of carbonyl (C=O) groups is 2. The van der Waals surface area contributed by atoms with Crippen LogP contribution in [0.25, 0.3) is 6.08 Å². The van der Waals surface area contributed by atoms with Gasteiger partial charge in [0.15, 0.2) is 0 Å². The average Bonchev–Trinajstić information content (AvgIpc) is 2.91. The minimum absolute atomic E-state index is 0.0295. The summed E-state index contributed by atoms with van der Waals surface area (Å²) in [6, 6.07) is 7.14. The second kappa shape index (κ2) is 6.43. The van der Waals surface area contributed by atoms with Gasteiger partial charge in [0.2, 0.25) is 5.91 Å². The highest BCUT2D eigenvalue weighted by Gasteiger charge is 2.23. The third-order valence-corrected chi connectivity index (χ3v) is 4.17. The zero-order valence-electron chi connectivity index (χ0n) is 10.3. The monoisotopic (exact) mass is 277 g/mol. The molecule has 4 nitrogen and oxygen atoms in total. The molecule has 0 saturated carbocycles. The summed E-state index contributed by atoms with van der Waals surface area (Å²) in [5.41, 5.74) is 1.45. The van der Waals surface area contributed by atoms with E-state index < -0.39 is 5.97 Å². The molecule has 0 bridgehead atoms. The molecule has 1 saturated heterocycles. The molecular weight excluding hydrogens is 262 g/mol. The van der Waals surface area contributed by atoms with Crippen LogP contribution in [0.2, 0.25) is 0 Å². The minimum Gasteiger partial charge on any atom is -0.478 e. The van der Waals surface area contributed by atoms with Crippen molar-refractivity contribution in [3.8, 4) is 0 Å². The SMILES string of the molecule is O=C(O)C=Cc1cccc(NC(=O)C2CCCS2)c1. The summed E-state index contributed by atoms with van der Waals surface area (Å²) in [6.07, 6.45) is 4.59. The summed E-state index contributed by atoms with van der Waals surface area (Å²) in [6.45, 7) is 0. The fourth-order valence-electron chi connectivity index (χ4n) is 1.89. The molecule has 2 rings (SSSR count). The van der Waals surface area contributed by atoms with Crippen molar-refractivity contribution in [2.75, 3.05) is 11.1 Å². The predicted molar refractivity (Wildman–Crippen MR) is 77.2 cm³/mol. The first-order valence-electron chi connectivity index (χ1n) is 6.09. The number of thioether (sulfide) groups is 1. The van der Waals surface area contributed by atoms with Gasteiger partial charge < -0.3 is 10.4 Å². The van der Waals surface area contributed by atoms with Crippen molar-refractivity contribution in [2.24, 2.45) is 0 Å². The summed E-state index contributed by atoms with van der Waals surface area (Å²) >= 11 is 1.68. The Morgan fingerprint density at radius 2 is 2.26 bits per heavy atom. The number of hydrogen-bond acceptors (Lipinski definition) is 3. The van der Waals surface area contributed by atoms with Crippen molar-refractivity contribution in [1.29, 1.82) is 0 Å². The number of carboxylic acids is 1. The predicted octanol–water partition coefficient (Wildman–Crippen LogP) is 2.62. The van der Waals surface area contributed by atoms with E-state index in [9.17, 15) is 9.59 Å². The number of nitrogens with one attached hydrogen (secondary N) is 1. The van der Waals surface area contributed by atoms with Crippen LogP contribution in [0.3, 0.4) is 0 Å². The van der Waals surface area contributed by atoms with Crippen molar-refractivity contribution < 1.29 is 14.7 Å². The molecule has 1 aliphatic rings. The fourth-order valence-corrected chi connectivity index (χ4v) is 3.06. The zero-order valence-corrected chi connectivity index (χ0v) is 11.2. The molecule has 0 aromatic heterocycles. The smallest absolute Gasteiger partial charge is 0.328 e. The molecule has 1 heterocycles. The number of carbonyl (C=O) groups excluding carboxylic acids is 1. The second-order valence-corrected chi connectivity index (χ2v) is 5.60. The lowest BCUT2D eigenvalue weighted by Gasteiger charge is -2.10. The van der Waals surface area contributed by atoms with E-state index in [0.717, 1.165) is 30.2 Å². The van der Waals surface area contributed by atoms with Crippen molar-refractivity contribution >= 4 is 35.4 Å². The van der Waals surface area contributed by atoms with E-state index >= 15 is 0 Å². The fraction of sp³-hybridized carbons (Fsp3) is 0.286. The molecule has 1 atom stereocenters. The van der Waals surface area contributed by atoms with Crippen LogP contribution < -0.4 is 5.32 Å². The van der Waals surface area contributed by atoms with Crippen LogP contribution in [-0.4, -0.2) is 28.0 Å². The van der Waals surface area contributed by atoms with E-state index in [-0.39, 0.29) is 11.2 Å². The molecule has 2 N–H and O–H groups in total. The van der Waals surface area contributed by atoms with E-state index in [2.05, 4.69) is 5.32 Å². The minimum atomic E-state index is -0.989. The molecular formula is C14H15NO3S. The van der Waals surface area contributed by atoms with Gasteiger partial charge in [-0.1, -0.05) is 12.1 Å². The Balaban J connectivity index is 2.02. The van der Waals surface area contributed by atoms with Crippen LogP contribution in [0.15, 0.2) is 30.3 Å². The van der Waals surface area contributed by atoms with Crippen LogP contribution >= 0.6 is 11.8 Å². The molecule has 1 amide bonds. The Hall–Kier alpha value is -1.75. The lowest BCUT2D eigenvalue weighted by atomic mass is 10.1. The number of benzene rings is 1. The van der Waals surface area contributed by atoms with Crippen LogP contribution in [0.1, 0.15) is 18.4 Å². The third-order valence-electron chi connectivity index (χ3n) is 2.79. The molecule has 100 valence electrons. The van der Waals surface area contributed by atoms with E-state index in [0.29, 0.717) is 5.69 Å². The summed E-state index contributed by atoms with van der Waals surface area (Å²) in [7, 11) is 0. The Bertz CT molecular complexity index is 507. The first-order valence-corrected chi connectivity index (χ1v) is 7.13. The number of amides is 1. The third kappa shape index (κ3) is 4.13. The van der Waals surface area contributed by atoms with Crippen molar-refractivity contribution in [3.05, 3.63) is 35.9 Å². The number of aliphatic carboxylic acids is 1. The summed E-state index contributed by atoms with van der Waals surface area (Å²) in [5, 5.41) is 11.5. The van der Waals surface area contributed by atoms with Gasteiger partial charge in [-0.25, -0.2) is 4.79 Å². The van der Waals surface area contributed by atoms with Crippen LogP contribution in [0, 0.1) is 0 Å². The van der Waals surface area contributed by atoms with Crippen molar-refractivity contribution in [3.63, 3.8) is 0 Å². The van der Waals surface area contributed by atoms with Crippen LogP contribution in [0.5, 0.6) is 0 Å². The molecule has 19 heavy (non-hydrogen) atoms. The van der Waals surface area contributed by atoms with Gasteiger partial charge in [-0.3, -0.25) is 4.79 Å². The highest BCUT2D eigenvalue weighted by molar-refractivity contribution is 8.00. The molecule has 1 aromatic carbocycles. The summed E-state index contributed by atoms with van der Waals surface area (Å²) in [4.78, 5) is 22.4. The van der Waals surface area contributed by atoms with Gasteiger partial charge in [-0.15, -0.1) is 11.8 Å². The normalized spacial score (nSPS) is 18.6. The average molecular weight is 277 g/mol. The maximum atomic E-state index is 11.9. The maximum Gasteiger partial charge on any atom is 0.328 e. The summed E-state index contributed by atoms with van der Waals surface area (Å²) < 4.78 is 0. The lowest BCUT2D eigenvalue weighted by molar-refractivity contribution is -0.131. The number of anilines is 1. The maximum absolute atomic E-state index is 11.9. The van der Waals surface area contributed by atoms with Crippen LogP contribution in [-0.2, 0) is 9.59 Å². The molecule has 1 fully saturated rings. The largest absolute Gasteiger partial charge is 0.478 e. The Labute approximate surface area is 115 Å². The standard InChI is InChI=1S/C14H15NO3S/c16-13(17)7-6-10-3-1-4-11(9-10)15-14(18)12-5-2-8-19-12/h1,3-4,6-7,9,12H,2,5,8H2,(H,15,18)(H,16,17). The van der Waals surface area contributed by atoms with Gasteiger partial charge >= 0.3 is 5.97 Å². The topological polar surface area (TPSA) is 66.4 Å². The van der Waals surface area contributed by atoms with E-state index in [1.807, 2.05) is 0 Å². The molecule has 1 aromatic rings. The molecule has 0 spiro atoms. The molecule has 0 radical (unpaired) electrons. The van der Waals surface area contributed by atoms with Gasteiger partial charge in [0.05, 0.1) is 5.25 Å². The van der Waals surface area contributed by atoms with Gasteiger partial charge in [0.1, 0.15) is 0 Å². The Morgan fingerprint density at radius 1 is 1.42 bits per heavy atom. The first kappa shape index (κ1) is 13.7. The quantitative estimate of drug-likeness (QED) is 0.830. The molecule has 5 heteroatoms. The van der Waals surface area contributed by atoms with Crippen molar-refractivity contribution in [1.82, 2.24) is 0 Å². The van der Waals surface area contributed by atoms with Crippen LogP contribution in [0.4, 0.5) is 5.69 Å². The van der Waals surface area contributed by atoms with Crippen molar-refractivity contribution in [2.45, 2.75) is 18.1 Å². The lowest BCUT2D eigenvalue weighted by Crippen LogP contribution is -2.22. The Morgan fingerprint density at radius 3 is 2.95 bits per heavy atom. The van der Waals surface area contributed by atoms with Gasteiger partial charge in [-0.2, -0.15) is 0 Å².